The lowest BCUT2D eigenvalue weighted by Gasteiger charge is -2.26. The van der Waals surface area contributed by atoms with E-state index in [9.17, 15) is 19.2 Å². The van der Waals surface area contributed by atoms with Crippen LogP contribution in [0, 0.1) is 31.6 Å². The number of nitrogens with zero attached hydrogens (tertiary/aromatic N) is 4. The van der Waals surface area contributed by atoms with Crippen LogP contribution in [0.5, 0.6) is 6.01 Å². The van der Waals surface area contributed by atoms with Crippen LogP contribution in [0.2, 0.25) is 0 Å². The van der Waals surface area contributed by atoms with E-state index in [0.717, 1.165) is 31.6 Å². The summed E-state index contributed by atoms with van der Waals surface area (Å²) in [4.78, 5) is 62.9. The number of aromatic nitrogens is 2. The van der Waals surface area contributed by atoms with E-state index in [0.29, 0.717) is 61.1 Å². The zero-order valence-electron chi connectivity index (χ0n) is 25.5. The molecule has 3 fully saturated rings. The number of ketones is 1. The Hall–Kier alpha value is -3.86. The van der Waals surface area contributed by atoms with Gasteiger partial charge in [-0.25, -0.2) is 0 Å². The van der Waals surface area contributed by atoms with Crippen molar-refractivity contribution in [2.24, 2.45) is 23.5 Å². The number of fused-ring (bicyclic) bond motifs is 1. The van der Waals surface area contributed by atoms with Crippen molar-refractivity contribution >= 4 is 23.5 Å². The van der Waals surface area contributed by atoms with Crippen molar-refractivity contribution in [1.29, 1.82) is 0 Å². The minimum Gasteiger partial charge on any atom is -0.447 e. The molecule has 3 amide bonds. The van der Waals surface area contributed by atoms with Gasteiger partial charge in [0.05, 0.1) is 23.0 Å². The highest BCUT2D eigenvalue weighted by molar-refractivity contribution is 5.96. The van der Waals surface area contributed by atoms with Gasteiger partial charge in [0.15, 0.2) is 5.60 Å². The molecule has 11 nitrogen and oxygen atoms in total. The number of hydrogen-bond donors (Lipinski definition) is 2. The zero-order valence-corrected chi connectivity index (χ0v) is 25.5. The number of Topliss-reactive ketones (excluding diaryl/α,β-unsaturated/α-hetero) is 1. The normalized spacial score (nSPS) is 22.8. The summed E-state index contributed by atoms with van der Waals surface area (Å²) in [5.41, 5.74) is 6.67. The number of nitrogens with one attached hydrogen (secondary N) is 1. The van der Waals surface area contributed by atoms with Crippen LogP contribution in [0.1, 0.15) is 72.9 Å². The quantitative estimate of drug-likeness (QED) is 0.429. The fourth-order valence-corrected chi connectivity index (χ4v) is 6.56. The summed E-state index contributed by atoms with van der Waals surface area (Å²) in [6.45, 7) is 10.5. The number of primary amides is 1. The third-order valence-corrected chi connectivity index (χ3v) is 9.12. The minimum atomic E-state index is -1.27. The molecule has 11 heteroatoms. The number of ether oxygens (including phenoxy) is 1. The number of benzene rings is 1. The first kappa shape index (κ1) is 30.6. The van der Waals surface area contributed by atoms with Gasteiger partial charge >= 0.3 is 6.01 Å². The van der Waals surface area contributed by atoms with Crippen molar-refractivity contribution in [3.63, 3.8) is 0 Å². The highest BCUT2D eigenvalue weighted by atomic mass is 16.5. The number of nitrogens with two attached hydrogens (primary N) is 1. The lowest BCUT2D eigenvalue weighted by atomic mass is 10.0. The molecule has 0 radical (unpaired) electrons. The van der Waals surface area contributed by atoms with Crippen molar-refractivity contribution in [3.05, 3.63) is 52.8 Å². The Morgan fingerprint density at radius 2 is 1.67 bits per heavy atom. The molecular formula is C32H42N6O5. The predicted molar refractivity (Wildman–Crippen MR) is 159 cm³/mol. The molecule has 4 atom stereocenters. The van der Waals surface area contributed by atoms with Crippen LogP contribution in [0.3, 0.4) is 0 Å². The van der Waals surface area contributed by atoms with Crippen molar-refractivity contribution in [2.45, 2.75) is 65.0 Å². The van der Waals surface area contributed by atoms with Gasteiger partial charge in [0.25, 0.3) is 11.8 Å². The first-order chi connectivity index (χ1) is 20.4. The summed E-state index contributed by atoms with van der Waals surface area (Å²) in [6, 6.07) is 9.91. The van der Waals surface area contributed by atoms with Crippen molar-refractivity contribution in [2.75, 3.05) is 32.7 Å². The molecule has 5 rings (SSSR count). The second kappa shape index (κ2) is 12.4. The summed E-state index contributed by atoms with van der Waals surface area (Å²) >= 11 is 0. The van der Waals surface area contributed by atoms with E-state index in [-0.39, 0.29) is 35.6 Å². The predicted octanol–water partition coefficient (Wildman–Crippen LogP) is 2.36. The maximum absolute atomic E-state index is 13.6. The zero-order chi connectivity index (χ0) is 30.9. The Bertz CT molecular complexity index is 1360. The Morgan fingerprint density at radius 1 is 1.05 bits per heavy atom. The van der Waals surface area contributed by atoms with Gasteiger partial charge in [0, 0.05) is 51.5 Å². The number of carbonyl (C=O) groups is 4. The van der Waals surface area contributed by atoms with Gasteiger partial charge in [-0.3, -0.25) is 19.2 Å². The molecule has 1 aromatic carbocycles. The van der Waals surface area contributed by atoms with Gasteiger partial charge in [0.1, 0.15) is 5.78 Å². The average Bonchev–Trinajstić information content (AvgIpc) is 3.65. The molecule has 3 N–H and O–H groups in total. The van der Waals surface area contributed by atoms with Gasteiger partial charge in [0.2, 0.25) is 5.91 Å². The molecule has 3 aliphatic rings. The first-order valence-electron chi connectivity index (χ1n) is 15.1. The maximum Gasteiger partial charge on any atom is 0.317 e. The van der Waals surface area contributed by atoms with Gasteiger partial charge in [-0.15, -0.1) is 0 Å². The topological polar surface area (TPSA) is 148 Å². The summed E-state index contributed by atoms with van der Waals surface area (Å²) in [6.07, 6.45) is 2.24. The number of rotatable bonds is 10. The van der Waals surface area contributed by atoms with Crippen LogP contribution < -0.4 is 15.8 Å². The Morgan fingerprint density at radius 3 is 2.23 bits per heavy atom. The van der Waals surface area contributed by atoms with Crippen LogP contribution in [-0.4, -0.2) is 81.6 Å². The molecule has 0 bridgehead atoms. The van der Waals surface area contributed by atoms with Gasteiger partial charge in [-0.05, 0) is 57.9 Å². The molecule has 2 aliphatic heterocycles. The van der Waals surface area contributed by atoms with Crippen LogP contribution >= 0.6 is 0 Å². The van der Waals surface area contributed by atoms with Crippen molar-refractivity contribution in [1.82, 2.24) is 25.1 Å². The SMILES string of the molecule is Cc1nc(OC(C)(C)C(N)=O)nc(C)c1C(=O)N1CC2CN(CC[C@H](NC(=O)C3CCC(=O)C3)c3ccccc3)CC2C1. The van der Waals surface area contributed by atoms with Gasteiger partial charge in [-0.2, -0.15) is 9.97 Å². The van der Waals surface area contributed by atoms with E-state index in [2.05, 4.69) is 20.2 Å². The van der Waals surface area contributed by atoms with E-state index in [1.807, 2.05) is 35.2 Å². The minimum absolute atomic E-state index is 0.0195. The molecule has 1 aromatic heterocycles. The van der Waals surface area contributed by atoms with Crippen LogP contribution in [0.4, 0.5) is 0 Å². The van der Waals surface area contributed by atoms with E-state index < -0.39 is 11.5 Å². The molecule has 1 saturated carbocycles. The lowest BCUT2D eigenvalue weighted by Crippen LogP contribution is -2.43. The lowest BCUT2D eigenvalue weighted by molar-refractivity contribution is -0.131. The highest BCUT2D eigenvalue weighted by Gasteiger charge is 2.42. The maximum atomic E-state index is 13.6. The van der Waals surface area contributed by atoms with Crippen molar-refractivity contribution in [3.8, 4) is 6.01 Å². The standard InChI is InChI=1S/C32H42N6O5/c1-19-27(20(2)35-31(34-19)43-32(3,4)30(33)42)29(41)38-17-23-15-37(16-24(23)18-38)13-12-26(21-8-6-5-7-9-21)36-28(40)22-10-11-25(39)14-22/h5-9,22-24,26H,10-18H2,1-4H3,(H2,33,42)(H,36,40)/t22?,23?,24?,26-/m0/s1. The number of hydrogen-bond acceptors (Lipinski definition) is 8. The van der Waals surface area contributed by atoms with E-state index in [1.165, 1.54) is 0 Å². The summed E-state index contributed by atoms with van der Waals surface area (Å²) in [5.74, 6) is -0.0620. The smallest absolute Gasteiger partial charge is 0.317 e. The first-order valence-corrected chi connectivity index (χ1v) is 15.1. The molecule has 1 aliphatic carbocycles. The molecule has 3 unspecified atom stereocenters. The third-order valence-electron chi connectivity index (χ3n) is 9.12. The fraction of sp³-hybridized carbons (Fsp3) is 0.562. The molecular weight excluding hydrogens is 548 g/mol. The summed E-state index contributed by atoms with van der Waals surface area (Å²) in [5, 5.41) is 3.23. The Labute approximate surface area is 252 Å². The number of likely N-dealkylation sites (tertiary alicyclic amines) is 2. The second-order valence-electron chi connectivity index (χ2n) is 12.8. The molecule has 43 heavy (non-hydrogen) atoms. The number of carbonyl (C=O) groups excluding carboxylic acids is 4. The van der Waals surface area contributed by atoms with E-state index in [1.54, 1.807) is 27.7 Å². The van der Waals surface area contributed by atoms with Crippen molar-refractivity contribution < 1.29 is 23.9 Å². The summed E-state index contributed by atoms with van der Waals surface area (Å²) in [7, 11) is 0. The molecule has 0 spiro atoms. The van der Waals surface area contributed by atoms with E-state index >= 15 is 0 Å². The third kappa shape index (κ3) is 6.87. The monoisotopic (exact) mass is 590 g/mol. The van der Waals surface area contributed by atoms with Gasteiger partial charge in [-0.1, -0.05) is 30.3 Å². The highest BCUT2D eigenvalue weighted by Crippen LogP contribution is 2.33. The average molecular weight is 591 g/mol. The molecule has 2 saturated heterocycles. The number of aryl methyl sites for hydroxylation is 2. The molecule has 3 heterocycles. The second-order valence-corrected chi connectivity index (χ2v) is 12.8. The van der Waals surface area contributed by atoms with Gasteiger partial charge < -0.3 is 25.6 Å². The molecule has 230 valence electrons. The largest absolute Gasteiger partial charge is 0.447 e. The fourth-order valence-electron chi connectivity index (χ4n) is 6.56. The summed E-state index contributed by atoms with van der Waals surface area (Å²) < 4.78 is 5.61. The van der Waals surface area contributed by atoms with E-state index in [4.69, 9.17) is 10.5 Å². The van der Waals surface area contributed by atoms with Crippen LogP contribution in [-0.2, 0) is 14.4 Å². The Balaban J connectivity index is 1.17. The molecule has 2 aromatic rings. The number of amides is 3. The van der Waals surface area contributed by atoms with Crippen LogP contribution in [0.15, 0.2) is 30.3 Å². The van der Waals surface area contributed by atoms with Crippen LogP contribution in [0.25, 0.3) is 0 Å². The Kier molecular flexibility index (Phi) is 8.82.